The minimum atomic E-state index is 0.251. The number of nitrogens with one attached hydrogen (secondary N) is 2. The summed E-state index contributed by atoms with van der Waals surface area (Å²) in [5.41, 5.74) is 2.35. The highest BCUT2D eigenvalue weighted by atomic mass is 16.1. The van der Waals surface area contributed by atoms with E-state index in [4.69, 9.17) is 0 Å². The molecule has 3 nitrogen and oxygen atoms in total. The molecule has 3 heteroatoms. The summed E-state index contributed by atoms with van der Waals surface area (Å²) in [6, 6.07) is 11.6. The molecule has 0 spiro atoms. The maximum Gasteiger partial charge on any atom is 0.220 e. The molecule has 3 unspecified atom stereocenters. The first-order chi connectivity index (χ1) is 12.1. The Balaban J connectivity index is 1.43. The summed E-state index contributed by atoms with van der Waals surface area (Å²) >= 11 is 0. The van der Waals surface area contributed by atoms with Crippen molar-refractivity contribution in [1.29, 1.82) is 0 Å². The van der Waals surface area contributed by atoms with Gasteiger partial charge in [-0.05, 0) is 60.8 Å². The fraction of sp³-hybridized carbons (Fsp3) is 0.682. The van der Waals surface area contributed by atoms with Crippen molar-refractivity contribution in [2.45, 2.75) is 69.7 Å². The molecule has 1 heterocycles. The van der Waals surface area contributed by atoms with Crippen molar-refractivity contribution in [2.24, 2.45) is 11.3 Å². The molecule has 25 heavy (non-hydrogen) atoms. The third kappa shape index (κ3) is 3.62. The van der Waals surface area contributed by atoms with Gasteiger partial charge in [0.05, 0.1) is 6.04 Å². The highest BCUT2D eigenvalue weighted by Crippen LogP contribution is 2.58. The Hall–Kier alpha value is -1.35. The predicted octanol–water partition coefficient (Wildman–Crippen LogP) is 3.78. The van der Waals surface area contributed by atoms with Crippen LogP contribution >= 0.6 is 0 Å². The Labute approximate surface area is 152 Å². The van der Waals surface area contributed by atoms with Gasteiger partial charge in [-0.2, -0.15) is 0 Å². The van der Waals surface area contributed by atoms with Gasteiger partial charge in [0.1, 0.15) is 0 Å². The minimum Gasteiger partial charge on any atom is -0.351 e. The van der Waals surface area contributed by atoms with E-state index in [1.54, 1.807) is 0 Å². The van der Waals surface area contributed by atoms with Crippen LogP contribution in [0.2, 0.25) is 0 Å². The van der Waals surface area contributed by atoms with Crippen molar-refractivity contribution in [3.05, 3.63) is 35.9 Å². The molecule has 2 saturated carbocycles. The lowest BCUT2D eigenvalue weighted by Crippen LogP contribution is -2.57. The van der Waals surface area contributed by atoms with E-state index in [1.807, 2.05) is 0 Å². The summed E-state index contributed by atoms with van der Waals surface area (Å²) in [5, 5.41) is 6.37. The number of rotatable bonds is 5. The van der Waals surface area contributed by atoms with Crippen molar-refractivity contribution in [3.8, 4) is 0 Å². The molecule has 1 aromatic carbocycles. The van der Waals surface area contributed by atoms with Crippen LogP contribution in [0.4, 0.5) is 0 Å². The van der Waals surface area contributed by atoms with E-state index in [0.717, 1.165) is 19.5 Å². The number of benzene rings is 1. The van der Waals surface area contributed by atoms with E-state index in [2.05, 4.69) is 47.9 Å². The molecular formula is C22H32N2O. The van der Waals surface area contributed by atoms with Crippen LogP contribution < -0.4 is 10.6 Å². The van der Waals surface area contributed by atoms with E-state index in [1.165, 1.54) is 44.1 Å². The lowest BCUT2D eigenvalue weighted by atomic mass is 9.50. The highest BCUT2D eigenvalue weighted by molar-refractivity contribution is 5.76. The summed E-state index contributed by atoms with van der Waals surface area (Å²) < 4.78 is 0. The monoisotopic (exact) mass is 340 g/mol. The zero-order valence-electron chi connectivity index (χ0n) is 15.5. The fourth-order valence-electron chi connectivity index (χ4n) is 5.90. The molecule has 3 fully saturated rings. The zero-order valence-corrected chi connectivity index (χ0v) is 15.5. The fourth-order valence-corrected chi connectivity index (χ4v) is 5.90. The van der Waals surface area contributed by atoms with Crippen molar-refractivity contribution in [3.63, 3.8) is 0 Å². The van der Waals surface area contributed by atoms with Crippen LogP contribution in [0.25, 0.3) is 0 Å². The van der Waals surface area contributed by atoms with Gasteiger partial charge in [0.25, 0.3) is 0 Å². The molecule has 1 aliphatic heterocycles. The molecule has 0 radical (unpaired) electrons. The van der Waals surface area contributed by atoms with Crippen LogP contribution in [0, 0.1) is 11.3 Å². The molecule has 2 bridgehead atoms. The van der Waals surface area contributed by atoms with Gasteiger partial charge in [-0.25, -0.2) is 0 Å². The van der Waals surface area contributed by atoms with Crippen LogP contribution in [0.3, 0.4) is 0 Å². The van der Waals surface area contributed by atoms with Crippen molar-refractivity contribution >= 4 is 5.91 Å². The second-order valence-electron chi connectivity index (χ2n) is 9.22. The van der Waals surface area contributed by atoms with E-state index < -0.39 is 0 Å². The summed E-state index contributed by atoms with van der Waals surface area (Å²) in [5.74, 6) is 0.936. The third-order valence-electron chi connectivity index (χ3n) is 6.97. The quantitative estimate of drug-likeness (QED) is 0.856. The first kappa shape index (κ1) is 17.1. The lowest BCUT2D eigenvalue weighted by Gasteiger charge is -2.54. The topological polar surface area (TPSA) is 41.1 Å². The molecule has 136 valence electrons. The summed E-state index contributed by atoms with van der Waals surface area (Å²) in [4.78, 5) is 12.2. The molecule has 1 amide bonds. The lowest BCUT2D eigenvalue weighted by molar-refractivity contribution is -0.122. The van der Waals surface area contributed by atoms with Gasteiger partial charge in [0, 0.05) is 19.5 Å². The Bertz CT molecular complexity index is 612. The van der Waals surface area contributed by atoms with Gasteiger partial charge in [0.2, 0.25) is 5.91 Å². The number of carbonyl (C=O) groups excluding carboxylic acids is 1. The Morgan fingerprint density at radius 1 is 1.20 bits per heavy atom. The van der Waals surface area contributed by atoms with Crippen LogP contribution in [0.5, 0.6) is 0 Å². The molecule has 2 N–H and O–H groups in total. The molecule has 3 aliphatic rings. The number of hydrogen-bond donors (Lipinski definition) is 2. The summed E-state index contributed by atoms with van der Waals surface area (Å²) in [6.07, 6.45) is 9.69. The largest absolute Gasteiger partial charge is 0.351 e. The van der Waals surface area contributed by atoms with E-state index in [9.17, 15) is 4.79 Å². The third-order valence-corrected chi connectivity index (χ3v) is 6.97. The Morgan fingerprint density at radius 3 is 2.72 bits per heavy atom. The zero-order chi connectivity index (χ0) is 17.3. The molecule has 1 saturated heterocycles. The molecular weight excluding hydrogens is 308 g/mol. The van der Waals surface area contributed by atoms with Gasteiger partial charge in [-0.15, -0.1) is 0 Å². The number of fused-ring (bicyclic) bond motifs is 2. The normalized spacial score (nSPS) is 35.0. The number of carbonyl (C=O) groups is 1. The van der Waals surface area contributed by atoms with Gasteiger partial charge in [-0.1, -0.05) is 43.7 Å². The van der Waals surface area contributed by atoms with Crippen LogP contribution in [0.15, 0.2) is 30.3 Å². The van der Waals surface area contributed by atoms with Crippen LogP contribution in [-0.2, 0) is 10.2 Å². The maximum absolute atomic E-state index is 12.2. The summed E-state index contributed by atoms with van der Waals surface area (Å²) in [7, 11) is 0. The van der Waals surface area contributed by atoms with Crippen LogP contribution in [0.1, 0.15) is 63.9 Å². The first-order valence-corrected chi connectivity index (χ1v) is 10.1. The minimum absolute atomic E-state index is 0.251. The summed E-state index contributed by atoms with van der Waals surface area (Å²) in [6.45, 7) is 4.37. The Morgan fingerprint density at radius 2 is 2.00 bits per heavy atom. The van der Waals surface area contributed by atoms with E-state index >= 15 is 0 Å². The van der Waals surface area contributed by atoms with Gasteiger partial charge in [-0.3, -0.25) is 4.79 Å². The second kappa shape index (κ2) is 6.75. The van der Waals surface area contributed by atoms with E-state index in [0.29, 0.717) is 29.2 Å². The predicted molar refractivity (Wildman–Crippen MR) is 101 cm³/mol. The van der Waals surface area contributed by atoms with E-state index in [-0.39, 0.29) is 5.91 Å². The average Bonchev–Trinajstić information content (AvgIpc) is 2.56. The SMILES string of the molecule is CC12CCCC(c3ccccc3)(CC(CCC(=O)NC3CNC3)C1)C2. The molecule has 4 rings (SSSR count). The molecule has 0 aromatic heterocycles. The van der Waals surface area contributed by atoms with Crippen molar-refractivity contribution in [2.75, 3.05) is 13.1 Å². The molecule has 1 aromatic rings. The molecule has 2 aliphatic carbocycles. The number of amides is 1. The first-order valence-electron chi connectivity index (χ1n) is 10.1. The standard InChI is InChI=1S/C22H32N2O/c1-21-10-5-11-22(16-21,18-6-3-2-4-7-18)13-17(12-21)8-9-20(25)24-19-14-23-15-19/h2-4,6-7,17,19,23H,5,8-16H2,1H3,(H,24,25). The smallest absolute Gasteiger partial charge is 0.220 e. The average molecular weight is 341 g/mol. The maximum atomic E-state index is 12.2. The van der Waals surface area contributed by atoms with Gasteiger partial charge in [0.15, 0.2) is 0 Å². The highest BCUT2D eigenvalue weighted by Gasteiger charge is 2.49. The van der Waals surface area contributed by atoms with Crippen molar-refractivity contribution < 1.29 is 4.79 Å². The second-order valence-corrected chi connectivity index (χ2v) is 9.22. The van der Waals surface area contributed by atoms with Gasteiger partial charge < -0.3 is 10.6 Å². The van der Waals surface area contributed by atoms with Gasteiger partial charge >= 0.3 is 0 Å². The Kier molecular flexibility index (Phi) is 4.61. The van der Waals surface area contributed by atoms with Crippen molar-refractivity contribution in [1.82, 2.24) is 10.6 Å². The number of hydrogen-bond acceptors (Lipinski definition) is 2. The van der Waals surface area contributed by atoms with Crippen LogP contribution in [-0.4, -0.2) is 25.0 Å². The molecule has 3 atom stereocenters.